The quantitative estimate of drug-likeness (QED) is 0.279. The molecule has 2 fully saturated rings. The largest absolute Gasteiger partial charge is 0.490 e. The molecular formula is C38H50N4O6. The zero-order valence-corrected chi connectivity index (χ0v) is 28.3. The van der Waals surface area contributed by atoms with Crippen LogP contribution in [0.4, 0.5) is 0 Å². The van der Waals surface area contributed by atoms with E-state index in [-0.39, 0.29) is 24.2 Å². The first-order valence-corrected chi connectivity index (χ1v) is 17.6. The van der Waals surface area contributed by atoms with Crippen molar-refractivity contribution in [2.45, 2.75) is 114 Å². The molecule has 258 valence electrons. The molecular weight excluding hydrogens is 608 g/mol. The monoisotopic (exact) mass is 658 g/mol. The lowest BCUT2D eigenvalue weighted by molar-refractivity contribution is 0.0688. The molecule has 10 nitrogen and oxygen atoms in total. The van der Waals surface area contributed by atoms with Gasteiger partial charge in [0.2, 0.25) is 0 Å². The van der Waals surface area contributed by atoms with E-state index in [9.17, 15) is 9.90 Å². The van der Waals surface area contributed by atoms with Crippen LogP contribution in [0.1, 0.15) is 107 Å². The Balaban J connectivity index is 0.000000177. The standard InChI is InChI=1S/C22H28N2O4.C16H22N2O2/c1-22(2,26)19-12-20(25)23-21-24(19)13-18(28-21)14-27-17-10-8-16(9-11-17)15-6-4-3-5-7-15;17-16-18-10-15(20-16)11-19-14-8-6-13(7-9-14)12-4-2-1-3-5-12/h8-12,15,18,26H,3-7,13-14H2,1-2H3;6-9,12,15H,1-5,10-11H2,(H2,17,18)/t18-;15-/m00/s1. The summed E-state index contributed by atoms with van der Waals surface area (Å²) in [6.45, 7) is 5.21. The normalized spacial score (nSPS) is 21.3. The summed E-state index contributed by atoms with van der Waals surface area (Å²) in [4.78, 5) is 19.7. The van der Waals surface area contributed by atoms with Crippen molar-refractivity contribution >= 4 is 6.02 Å². The molecule has 1 aromatic heterocycles. The van der Waals surface area contributed by atoms with Crippen LogP contribution in [0.25, 0.3) is 0 Å². The van der Waals surface area contributed by atoms with Gasteiger partial charge in [-0.1, -0.05) is 62.8 Å². The summed E-state index contributed by atoms with van der Waals surface area (Å²) in [5, 5.41) is 10.3. The van der Waals surface area contributed by atoms with Gasteiger partial charge >= 0.3 is 6.01 Å². The van der Waals surface area contributed by atoms with Crippen molar-refractivity contribution in [2.24, 2.45) is 10.7 Å². The van der Waals surface area contributed by atoms with E-state index >= 15 is 0 Å². The second-order valence-electron chi connectivity index (χ2n) is 14.0. The minimum absolute atomic E-state index is 0.0481. The van der Waals surface area contributed by atoms with Crippen LogP contribution in [0.5, 0.6) is 17.5 Å². The van der Waals surface area contributed by atoms with Gasteiger partial charge in [0, 0.05) is 6.07 Å². The highest BCUT2D eigenvalue weighted by Crippen LogP contribution is 2.34. The van der Waals surface area contributed by atoms with Gasteiger partial charge in [-0.15, -0.1) is 0 Å². The number of nitrogens with two attached hydrogens (primary N) is 1. The van der Waals surface area contributed by atoms with E-state index in [0.717, 1.165) is 17.4 Å². The molecule has 0 saturated heterocycles. The molecule has 0 radical (unpaired) electrons. The fourth-order valence-corrected chi connectivity index (χ4v) is 7.18. The van der Waals surface area contributed by atoms with E-state index < -0.39 is 11.2 Å². The van der Waals surface area contributed by atoms with Crippen molar-refractivity contribution in [3.8, 4) is 17.5 Å². The Labute approximate surface area is 283 Å². The fraction of sp³-hybridized carbons (Fsp3) is 0.553. The van der Waals surface area contributed by atoms with E-state index in [4.69, 9.17) is 24.7 Å². The molecule has 0 bridgehead atoms. The molecule has 2 aliphatic carbocycles. The maximum atomic E-state index is 11.8. The summed E-state index contributed by atoms with van der Waals surface area (Å²) in [6, 6.07) is 18.8. The molecule has 0 spiro atoms. The SMILES string of the molecule is CC(C)(O)c1cc(=O)nc2n1C[C@@H](COc1ccc(C3CCCCC3)cc1)O2.NC1=NC[C@@H](COc2ccc(C3CCCCC3)cc2)O1. The van der Waals surface area contributed by atoms with Crippen molar-refractivity contribution < 1.29 is 24.1 Å². The Hall–Kier alpha value is -4.05. The Bertz CT molecular complexity index is 1570. The first-order valence-electron chi connectivity index (χ1n) is 17.6. The Kier molecular flexibility index (Phi) is 10.9. The third-order valence-corrected chi connectivity index (χ3v) is 9.80. The van der Waals surface area contributed by atoms with Crippen molar-refractivity contribution in [1.29, 1.82) is 0 Å². The number of nitrogens with zero attached hydrogens (tertiary/aromatic N) is 3. The van der Waals surface area contributed by atoms with Crippen molar-refractivity contribution in [3.05, 3.63) is 81.8 Å². The Morgan fingerprint density at radius 3 is 1.81 bits per heavy atom. The van der Waals surface area contributed by atoms with Crippen LogP contribution < -0.4 is 25.5 Å². The number of benzene rings is 2. The number of aromatic nitrogens is 2. The molecule has 2 aliphatic heterocycles. The second-order valence-corrected chi connectivity index (χ2v) is 14.0. The number of aliphatic imine (C=N–C) groups is 1. The molecule has 48 heavy (non-hydrogen) atoms. The molecule has 2 atom stereocenters. The first kappa shape index (κ1) is 33.8. The minimum atomic E-state index is -1.15. The van der Waals surface area contributed by atoms with E-state index in [1.54, 1.807) is 18.4 Å². The Morgan fingerprint density at radius 1 is 0.812 bits per heavy atom. The lowest BCUT2D eigenvalue weighted by atomic mass is 9.84. The van der Waals surface area contributed by atoms with Gasteiger partial charge in [0.05, 0.1) is 24.4 Å². The molecule has 0 unspecified atom stereocenters. The number of rotatable bonds is 9. The van der Waals surface area contributed by atoms with Gasteiger partial charge in [-0.2, -0.15) is 4.98 Å². The summed E-state index contributed by atoms with van der Waals surface area (Å²) in [7, 11) is 0. The fourth-order valence-electron chi connectivity index (χ4n) is 7.18. The van der Waals surface area contributed by atoms with Crippen LogP contribution in [0, 0.1) is 0 Å². The smallest absolute Gasteiger partial charge is 0.300 e. The number of amidine groups is 1. The molecule has 3 heterocycles. The molecule has 10 heteroatoms. The molecule has 4 aliphatic rings. The maximum absolute atomic E-state index is 11.8. The number of fused-ring (bicyclic) bond motifs is 1. The summed E-state index contributed by atoms with van der Waals surface area (Å²) < 4.78 is 24.5. The third-order valence-electron chi connectivity index (χ3n) is 9.80. The summed E-state index contributed by atoms with van der Waals surface area (Å²) >= 11 is 0. The van der Waals surface area contributed by atoms with Crippen LogP contribution in [0.2, 0.25) is 0 Å². The third kappa shape index (κ3) is 8.89. The van der Waals surface area contributed by atoms with Crippen LogP contribution in [0.3, 0.4) is 0 Å². The van der Waals surface area contributed by atoms with Crippen LogP contribution in [0.15, 0.2) is 64.4 Å². The van der Waals surface area contributed by atoms with E-state index in [2.05, 4.69) is 46.4 Å². The molecule has 0 amide bonds. The van der Waals surface area contributed by atoms with Gasteiger partial charge in [-0.3, -0.25) is 9.36 Å². The van der Waals surface area contributed by atoms with Crippen LogP contribution in [-0.2, 0) is 16.9 Å². The number of hydrogen-bond acceptors (Lipinski definition) is 9. The summed E-state index contributed by atoms with van der Waals surface area (Å²) in [5.41, 5.74) is 7.25. The summed E-state index contributed by atoms with van der Waals surface area (Å²) in [6.07, 6.45) is 13.0. The zero-order chi connectivity index (χ0) is 33.5. The van der Waals surface area contributed by atoms with Crippen molar-refractivity contribution in [3.63, 3.8) is 0 Å². The van der Waals surface area contributed by atoms with E-state index in [1.165, 1.54) is 81.4 Å². The molecule has 3 N–H and O–H groups in total. The van der Waals surface area contributed by atoms with Gasteiger partial charge in [-0.25, -0.2) is 4.99 Å². The highest BCUT2D eigenvalue weighted by molar-refractivity contribution is 5.73. The minimum Gasteiger partial charge on any atom is -0.490 e. The highest BCUT2D eigenvalue weighted by atomic mass is 16.6. The highest BCUT2D eigenvalue weighted by Gasteiger charge is 2.31. The van der Waals surface area contributed by atoms with Crippen LogP contribution in [-0.4, -0.2) is 52.6 Å². The number of hydrogen-bond donors (Lipinski definition) is 2. The van der Waals surface area contributed by atoms with Gasteiger partial charge in [0.25, 0.3) is 11.6 Å². The first-order chi connectivity index (χ1) is 23.2. The lowest BCUT2D eigenvalue weighted by Gasteiger charge is -2.22. The number of ether oxygens (including phenoxy) is 4. The number of aliphatic hydroxyl groups is 1. The van der Waals surface area contributed by atoms with Gasteiger partial charge in [0.15, 0.2) is 12.2 Å². The van der Waals surface area contributed by atoms with Crippen molar-refractivity contribution in [2.75, 3.05) is 19.8 Å². The second kappa shape index (κ2) is 15.4. The molecule has 7 rings (SSSR count). The van der Waals surface area contributed by atoms with Crippen LogP contribution >= 0.6 is 0 Å². The lowest BCUT2D eigenvalue weighted by Crippen LogP contribution is -2.27. The van der Waals surface area contributed by atoms with Gasteiger partial charge in [-0.05, 0) is 86.8 Å². The van der Waals surface area contributed by atoms with Gasteiger partial charge in [0.1, 0.15) is 24.7 Å². The molecule has 3 aromatic rings. The van der Waals surface area contributed by atoms with E-state index in [0.29, 0.717) is 37.9 Å². The predicted octanol–water partition coefficient (Wildman–Crippen LogP) is 6.19. The molecule has 2 aromatic carbocycles. The summed E-state index contributed by atoms with van der Waals surface area (Å²) in [5.74, 6) is 3.12. The predicted molar refractivity (Wildman–Crippen MR) is 185 cm³/mol. The zero-order valence-electron chi connectivity index (χ0n) is 28.3. The average Bonchev–Trinajstić information content (AvgIpc) is 3.72. The van der Waals surface area contributed by atoms with Gasteiger partial charge < -0.3 is 29.8 Å². The molecule has 2 saturated carbocycles. The maximum Gasteiger partial charge on any atom is 0.300 e. The average molecular weight is 659 g/mol. The topological polar surface area (TPSA) is 130 Å². The Morgan fingerprint density at radius 2 is 1.33 bits per heavy atom. The van der Waals surface area contributed by atoms with Crippen molar-refractivity contribution in [1.82, 2.24) is 9.55 Å². The van der Waals surface area contributed by atoms with E-state index in [1.807, 2.05) is 12.1 Å².